The number of nitrogens with zero attached hydrogens (tertiary/aromatic N) is 4. The molecule has 7 atom stereocenters. The molecule has 6 unspecified atom stereocenters. The van der Waals surface area contributed by atoms with Crippen LogP contribution in [0.1, 0.15) is 73.9 Å². The van der Waals surface area contributed by atoms with Crippen molar-refractivity contribution in [3.63, 3.8) is 0 Å². The lowest BCUT2D eigenvalue weighted by Gasteiger charge is -2.37. The molecule has 5 aliphatic rings. The van der Waals surface area contributed by atoms with E-state index >= 15 is 0 Å². The van der Waals surface area contributed by atoms with Crippen molar-refractivity contribution in [2.45, 2.75) is 89.6 Å². The number of carbonyl (C=O) groups excluding carboxylic acids is 1. The summed E-state index contributed by atoms with van der Waals surface area (Å²) in [5.41, 5.74) is 12.3. The van der Waals surface area contributed by atoms with Gasteiger partial charge in [-0.05, 0) is 86.4 Å². The number of ether oxygens (including phenoxy) is 3. The zero-order valence-corrected chi connectivity index (χ0v) is 30.7. The van der Waals surface area contributed by atoms with Gasteiger partial charge in [0.15, 0.2) is 11.5 Å². The predicted octanol–water partition coefficient (Wildman–Crippen LogP) is 5.82. The second-order valence-electron chi connectivity index (χ2n) is 15.4. The minimum atomic E-state index is -1.03. The van der Waals surface area contributed by atoms with Gasteiger partial charge in [0.25, 0.3) is 11.7 Å². The van der Waals surface area contributed by atoms with Crippen LogP contribution in [0.2, 0.25) is 5.02 Å². The Kier molecular flexibility index (Phi) is 8.74. The first-order valence-electron chi connectivity index (χ1n) is 18.7. The highest BCUT2D eigenvalue weighted by atomic mass is 35.5. The van der Waals surface area contributed by atoms with Gasteiger partial charge in [-0.3, -0.25) is 25.5 Å². The Morgan fingerprint density at radius 2 is 2.00 bits per heavy atom. The van der Waals surface area contributed by atoms with Gasteiger partial charge in [-0.25, -0.2) is 4.98 Å². The molecule has 1 amide bonds. The summed E-state index contributed by atoms with van der Waals surface area (Å²) in [4.78, 5) is 25.6. The highest BCUT2D eigenvalue weighted by molar-refractivity contribution is 6.30. The number of hydrogen-bond donors (Lipinski definition) is 3. The molecule has 1 aliphatic carbocycles. The van der Waals surface area contributed by atoms with Gasteiger partial charge in [-0.15, -0.1) is 0 Å². The molecule has 0 spiro atoms. The van der Waals surface area contributed by atoms with Crippen molar-refractivity contribution < 1.29 is 19.0 Å². The van der Waals surface area contributed by atoms with Crippen LogP contribution in [0, 0.1) is 11.8 Å². The van der Waals surface area contributed by atoms with Crippen molar-refractivity contribution in [3.05, 3.63) is 88.5 Å². The number of aromatic nitrogens is 3. The second kappa shape index (κ2) is 13.4. The van der Waals surface area contributed by atoms with E-state index in [1.807, 2.05) is 37.3 Å². The Labute approximate surface area is 309 Å². The molecule has 0 bridgehead atoms. The molecule has 2 saturated heterocycles. The van der Waals surface area contributed by atoms with Crippen LogP contribution in [0.3, 0.4) is 0 Å². The molecule has 3 fully saturated rings. The van der Waals surface area contributed by atoms with E-state index in [4.69, 9.17) is 30.8 Å². The van der Waals surface area contributed by atoms with E-state index < -0.39 is 5.79 Å². The summed E-state index contributed by atoms with van der Waals surface area (Å²) in [7, 11) is 0. The van der Waals surface area contributed by atoms with E-state index in [0.29, 0.717) is 52.5 Å². The topological polar surface area (TPSA) is 115 Å². The molecule has 0 radical (unpaired) electrons. The third-order valence-electron chi connectivity index (χ3n) is 11.8. The number of para-hydroxylation sites is 1. The number of hydrogen-bond acceptors (Lipinski definition) is 9. The number of pyridine rings is 1. The lowest BCUT2D eigenvalue weighted by molar-refractivity contribution is -0.0718. The maximum absolute atomic E-state index is 13.6. The summed E-state index contributed by atoms with van der Waals surface area (Å²) < 4.78 is 20.9. The van der Waals surface area contributed by atoms with Crippen LogP contribution < -0.4 is 25.6 Å². The molecule has 52 heavy (non-hydrogen) atoms. The Balaban J connectivity index is 0.911. The number of imidazole rings is 1. The first kappa shape index (κ1) is 33.8. The summed E-state index contributed by atoms with van der Waals surface area (Å²) in [5, 5.41) is 3.93. The normalized spacial score (nSPS) is 29.8. The first-order valence-corrected chi connectivity index (χ1v) is 19.1. The zero-order chi connectivity index (χ0) is 35.6. The molecule has 272 valence electrons. The van der Waals surface area contributed by atoms with Crippen LogP contribution in [0.5, 0.6) is 11.5 Å². The fraction of sp³-hybridized carbons (Fsp3) is 0.475. The van der Waals surface area contributed by atoms with Crippen molar-refractivity contribution in [2.24, 2.45) is 11.8 Å². The average molecular weight is 724 g/mol. The van der Waals surface area contributed by atoms with Crippen molar-refractivity contribution in [2.75, 3.05) is 19.7 Å². The fourth-order valence-electron chi connectivity index (χ4n) is 8.78. The third-order valence-corrected chi connectivity index (χ3v) is 12.0. The number of nitrogens with one attached hydrogen (secondary N) is 3. The molecule has 4 aliphatic heterocycles. The van der Waals surface area contributed by atoms with E-state index in [9.17, 15) is 4.79 Å². The van der Waals surface area contributed by atoms with Gasteiger partial charge in [0.1, 0.15) is 11.5 Å². The summed E-state index contributed by atoms with van der Waals surface area (Å²) in [5.74, 6) is 2.38. The van der Waals surface area contributed by atoms with Crippen LogP contribution in [0.25, 0.3) is 16.6 Å². The SMILES string of the molecule is CC1CC(NC(=O)c2ccc3c(c2)nc(CN2CC=C(c4cccc5c4O[C@@](C)(c4ccc(Cl)cn4)O5)CC2)n3CC2CCO2)CC2C(C)NNC12. The smallest absolute Gasteiger partial charge is 0.292 e. The molecule has 1 saturated carbocycles. The number of halogens is 1. The van der Waals surface area contributed by atoms with E-state index in [-0.39, 0.29) is 18.1 Å². The molecule has 3 N–H and O–H groups in total. The van der Waals surface area contributed by atoms with E-state index in [1.54, 1.807) is 12.3 Å². The van der Waals surface area contributed by atoms with Gasteiger partial charge in [0.2, 0.25) is 0 Å². The maximum Gasteiger partial charge on any atom is 0.292 e. The molecule has 12 heteroatoms. The molecular weight excluding hydrogens is 678 g/mol. The molecule has 11 nitrogen and oxygen atoms in total. The average Bonchev–Trinajstić information content (AvgIpc) is 3.79. The van der Waals surface area contributed by atoms with Gasteiger partial charge < -0.3 is 24.1 Å². The van der Waals surface area contributed by atoms with Gasteiger partial charge in [-0.1, -0.05) is 36.7 Å². The first-order chi connectivity index (χ1) is 25.2. The fourth-order valence-corrected chi connectivity index (χ4v) is 8.89. The maximum atomic E-state index is 13.6. The highest BCUT2D eigenvalue weighted by Crippen LogP contribution is 2.48. The number of rotatable bonds is 8. The number of hydrazine groups is 1. The highest BCUT2D eigenvalue weighted by Gasteiger charge is 2.43. The minimum Gasteiger partial charge on any atom is -0.443 e. The summed E-state index contributed by atoms with van der Waals surface area (Å²) in [6, 6.07) is 16.7. The Hall–Kier alpha value is -4.00. The van der Waals surface area contributed by atoms with Gasteiger partial charge in [0, 0.05) is 62.1 Å². The van der Waals surface area contributed by atoms with Crippen molar-refractivity contribution in [3.8, 4) is 11.5 Å². The summed E-state index contributed by atoms with van der Waals surface area (Å²) in [6.07, 6.45) is 7.93. The van der Waals surface area contributed by atoms with E-state index in [0.717, 1.165) is 80.1 Å². The zero-order valence-electron chi connectivity index (χ0n) is 29.9. The van der Waals surface area contributed by atoms with Gasteiger partial charge in [-0.2, -0.15) is 0 Å². The summed E-state index contributed by atoms with van der Waals surface area (Å²) >= 11 is 6.09. The lowest BCUT2D eigenvalue weighted by atomic mass is 9.74. The molecular formula is C40H46ClN7O4. The largest absolute Gasteiger partial charge is 0.443 e. The quantitative estimate of drug-likeness (QED) is 0.207. The molecule has 9 rings (SSSR count). The molecule has 2 aromatic carbocycles. The van der Waals surface area contributed by atoms with Crippen LogP contribution in [0.15, 0.2) is 60.8 Å². The Morgan fingerprint density at radius 3 is 2.77 bits per heavy atom. The Bertz CT molecular complexity index is 2030. The molecule has 4 aromatic rings. The minimum absolute atomic E-state index is 0.0252. The molecule has 2 aromatic heterocycles. The van der Waals surface area contributed by atoms with Crippen molar-refractivity contribution in [1.82, 2.24) is 35.6 Å². The van der Waals surface area contributed by atoms with Gasteiger partial charge >= 0.3 is 0 Å². The number of fused-ring (bicyclic) bond motifs is 3. The van der Waals surface area contributed by atoms with Crippen molar-refractivity contribution >= 4 is 34.1 Å². The standard InChI is InChI=1S/C40H46ClN7O4/c1-23-17-28(19-31-24(2)45-46-37(23)31)43-39(49)26-7-9-33-32(18-26)44-36(48(33)21-29-13-16-50-29)22-47-14-11-25(12-15-47)30-5-4-6-34-38(30)52-40(3,51-34)35-10-8-27(41)20-42-35/h4-11,18,20,23-24,28-29,31,37,45-46H,12-17,19,21-22H2,1-3H3,(H,43,49)/t23?,24?,28?,29?,31?,37?,40-/m0/s1. The number of amides is 1. The van der Waals surface area contributed by atoms with Crippen LogP contribution in [-0.4, -0.2) is 69.3 Å². The van der Waals surface area contributed by atoms with Crippen LogP contribution in [-0.2, 0) is 23.6 Å². The monoisotopic (exact) mass is 723 g/mol. The molecule has 6 heterocycles. The van der Waals surface area contributed by atoms with Crippen molar-refractivity contribution in [1.29, 1.82) is 0 Å². The lowest BCUT2D eigenvalue weighted by Crippen LogP contribution is -2.48. The summed E-state index contributed by atoms with van der Waals surface area (Å²) in [6.45, 7) is 10.3. The Morgan fingerprint density at radius 1 is 1.12 bits per heavy atom. The third kappa shape index (κ3) is 6.26. The predicted molar refractivity (Wildman–Crippen MR) is 199 cm³/mol. The number of benzene rings is 2. The van der Waals surface area contributed by atoms with E-state index in [2.05, 4.69) is 62.7 Å². The van der Waals surface area contributed by atoms with Gasteiger partial charge in [0.05, 0.1) is 35.2 Å². The van der Waals surface area contributed by atoms with E-state index in [1.165, 1.54) is 5.57 Å². The van der Waals surface area contributed by atoms with Crippen LogP contribution >= 0.6 is 11.6 Å². The van der Waals surface area contributed by atoms with Crippen LogP contribution in [0.4, 0.5) is 0 Å². The number of carbonyl (C=O) groups is 1. The second-order valence-corrected chi connectivity index (χ2v) is 15.8.